The first-order chi connectivity index (χ1) is 10.5. The van der Waals surface area contributed by atoms with Gasteiger partial charge in [0.2, 0.25) is 0 Å². The maximum Gasteiger partial charge on any atom is 0.406 e. The molecular formula is C17H28ClNO3Si. The first-order valence-corrected chi connectivity index (χ1v) is 9.46. The van der Waals surface area contributed by atoms with Crippen LogP contribution in [-0.2, 0) is 21.2 Å². The number of halogens is 1. The highest BCUT2D eigenvalue weighted by Crippen LogP contribution is 2.34. The summed E-state index contributed by atoms with van der Waals surface area (Å²) in [6.07, 6.45) is 0.297. The van der Waals surface area contributed by atoms with Gasteiger partial charge in [0.05, 0.1) is 12.7 Å². The second kappa shape index (κ2) is 8.17. The average molecular weight is 358 g/mol. The van der Waals surface area contributed by atoms with E-state index in [1.54, 1.807) is 0 Å². The second-order valence-electron chi connectivity index (χ2n) is 7.34. The fourth-order valence-electron chi connectivity index (χ4n) is 2.05. The van der Waals surface area contributed by atoms with Crippen LogP contribution in [0.2, 0.25) is 10.1 Å². The fourth-order valence-corrected chi connectivity index (χ4v) is 3.34. The van der Waals surface area contributed by atoms with E-state index in [0.29, 0.717) is 18.0 Å². The van der Waals surface area contributed by atoms with Gasteiger partial charge in [-0.25, -0.2) is 4.79 Å². The predicted octanol–water partition coefficient (Wildman–Crippen LogP) is 3.79. The summed E-state index contributed by atoms with van der Waals surface area (Å²) in [7, 11) is 0.667. The number of ether oxygens (including phenoxy) is 1. The Labute approximate surface area is 146 Å². The Hall–Kier alpha value is -1.04. The molecule has 0 fully saturated rings. The first-order valence-electron chi connectivity index (χ1n) is 7.80. The lowest BCUT2D eigenvalue weighted by Gasteiger charge is -2.31. The van der Waals surface area contributed by atoms with E-state index in [0.717, 1.165) is 11.1 Å². The quantitative estimate of drug-likeness (QED) is 0.788. The molecule has 23 heavy (non-hydrogen) atoms. The zero-order valence-corrected chi connectivity index (χ0v) is 17.1. The summed E-state index contributed by atoms with van der Waals surface area (Å²) < 4.78 is 10.8. The summed E-state index contributed by atoms with van der Waals surface area (Å²) in [5.74, 6) is 0. The van der Waals surface area contributed by atoms with Gasteiger partial charge in [-0.2, -0.15) is 0 Å². The van der Waals surface area contributed by atoms with E-state index in [9.17, 15) is 4.79 Å². The highest BCUT2D eigenvalue weighted by atomic mass is 35.5. The van der Waals surface area contributed by atoms with Crippen molar-refractivity contribution in [1.82, 2.24) is 5.32 Å². The SMILES string of the molecule is COC(=O)NCCc1ccc(Cl)c(C(C)(C)O[SiH2]C(C)(C)C)c1. The van der Waals surface area contributed by atoms with Crippen LogP contribution >= 0.6 is 11.6 Å². The summed E-state index contributed by atoms with van der Waals surface area (Å²) >= 11 is 6.38. The van der Waals surface area contributed by atoms with Gasteiger partial charge in [0.15, 0.2) is 9.76 Å². The van der Waals surface area contributed by atoms with Crippen LogP contribution in [0.5, 0.6) is 0 Å². The van der Waals surface area contributed by atoms with Crippen molar-refractivity contribution in [2.45, 2.75) is 51.7 Å². The standard InChI is InChI=1S/C17H28ClNO3Si/c1-16(2,3)23-22-17(4,5)13-11-12(7-8-14(13)18)9-10-19-15(20)21-6/h7-8,11H,9-10,23H2,1-6H3,(H,19,20). The zero-order chi connectivity index (χ0) is 17.7. The minimum Gasteiger partial charge on any atom is -0.453 e. The number of rotatable bonds is 6. The molecule has 4 nitrogen and oxygen atoms in total. The number of alkyl carbamates (subject to hydrolysis) is 1. The third-order valence-corrected chi connectivity index (χ3v) is 5.48. The minimum atomic E-state index is -0.689. The van der Waals surface area contributed by atoms with E-state index in [-0.39, 0.29) is 5.04 Å². The predicted molar refractivity (Wildman–Crippen MR) is 97.9 cm³/mol. The van der Waals surface area contributed by atoms with Gasteiger partial charge in [0, 0.05) is 17.1 Å². The molecule has 0 aliphatic carbocycles. The maximum absolute atomic E-state index is 11.1. The number of amides is 1. The van der Waals surface area contributed by atoms with Gasteiger partial charge in [-0.05, 0) is 36.9 Å². The number of benzene rings is 1. The van der Waals surface area contributed by atoms with E-state index in [2.05, 4.69) is 50.7 Å². The molecule has 6 heteroatoms. The molecule has 1 amide bonds. The molecule has 0 bridgehead atoms. The van der Waals surface area contributed by atoms with Crippen LogP contribution in [0.1, 0.15) is 45.7 Å². The van der Waals surface area contributed by atoms with Gasteiger partial charge in [0.25, 0.3) is 0 Å². The molecule has 0 aliphatic rings. The lowest BCUT2D eigenvalue weighted by molar-refractivity contribution is 0.109. The van der Waals surface area contributed by atoms with E-state index in [4.69, 9.17) is 16.0 Å². The van der Waals surface area contributed by atoms with Gasteiger partial charge >= 0.3 is 6.09 Å². The highest BCUT2D eigenvalue weighted by molar-refractivity contribution is 6.32. The van der Waals surface area contributed by atoms with Crippen molar-refractivity contribution in [3.8, 4) is 0 Å². The van der Waals surface area contributed by atoms with Crippen molar-refractivity contribution < 1.29 is 14.0 Å². The van der Waals surface area contributed by atoms with Crippen LogP contribution in [0.3, 0.4) is 0 Å². The van der Waals surface area contributed by atoms with Crippen molar-refractivity contribution in [3.05, 3.63) is 34.3 Å². The zero-order valence-electron chi connectivity index (χ0n) is 15.0. The Balaban J connectivity index is 2.81. The summed E-state index contributed by atoms with van der Waals surface area (Å²) in [5.41, 5.74) is 1.68. The summed E-state index contributed by atoms with van der Waals surface area (Å²) in [6.45, 7) is 11.2. The van der Waals surface area contributed by atoms with Crippen molar-refractivity contribution in [2.75, 3.05) is 13.7 Å². The molecule has 1 aromatic rings. The molecule has 1 N–H and O–H groups in total. The highest BCUT2D eigenvalue weighted by Gasteiger charge is 2.26. The fraction of sp³-hybridized carbons (Fsp3) is 0.588. The minimum absolute atomic E-state index is 0.228. The Morgan fingerprint density at radius 1 is 1.26 bits per heavy atom. The van der Waals surface area contributed by atoms with Gasteiger partial charge in [0.1, 0.15) is 0 Å². The number of carbonyl (C=O) groups is 1. The van der Waals surface area contributed by atoms with Crippen LogP contribution in [0.25, 0.3) is 0 Å². The first kappa shape index (κ1) is 20.0. The summed E-state index contributed by atoms with van der Waals surface area (Å²) in [6, 6.07) is 5.94. The number of hydrogen-bond acceptors (Lipinski definition) is 3. The van der Waals surface area contributed by atoms with E-state index < -0.39 is 21.5 Å². The Morgan fingerprint density at radius 2 is 1.91 bits per heavy atom. The molecule has 0 aliphatic heterocycles. The average Bonchev–Trinajstić information content (AvgIpc) is 2.46. The molecule has 1 aromatic carbocycles. The van der Waals surface area contributed by atoms with Crippen molar-refractivity contribution >= 4 is 27.5 Å². The molecule has 0 aromatic heterocycles. The molecule has 0 saturated carbocycles. The molecule has 0 spiro atoms. The maximum atomic E-state index is 11.1. The molecule has 130 valence electrons. The van der Waals surface area contributed by atoms with Crippen molar-refractivity contribution in [3.63, 3.8) is 0 Å². The number of carbonyl (C=O) groups excluding carboxylic acids is 1. The van der Waals surface area contributed by atoms with Gasteiger partial charge < -0.3 is 14.5 Å². The lowest BCUT2D eigenvalue weighted by Crippen LogP contribution is -2.28. The summed E-state index contributed by atoms with van der Waals surface area (Å²) in [4.78, 5) is 11.1. The smallest absolute Gasteiger partial charge is 0.406 e. The molecule has 0 atom stereocenters. The topological polar surface area (TPSA) is 47.6 Å². The van der Waals surface area contributed by atoms with E-state index in [1.165, 1.54) is 7.11 Å². The molecule has 0 heterocycles. The Bertz CT molecular complexity index is 541. The Morgan fingerprint density at radius 3 is 2.48 bits per heavy atom. The third-order valence-electron chi connectivity index (χ3n) is 3.41. The van der Waals surface area contributed by atoms with Crippen LogP contribution in [0.15, 0.2) is 18.2 Å². The second-order valence-corrected chi connectivity index (χ2v) is 10.4. The summed E-state index contributed by atoms with van der Waals surface area (Å²) in [5, 5.41) is 3.62. The van der Waals surface area contributed by atoms with Crippen molar-refractivity contribution in [2.24, 2.45) is 0 Å². The monoisotopic (exact) mass is 357 g/mol. The number of nitrogens with one attached hydrogen (secondary N) is 1. The normalized spacial score (nSPS) is 12.7. The number of methoxy groups -OCH3 is 1. The van der Waals surface area contributed by atoms with Crippen LogP contribution in [0.4, 0.5) is 4.79 Å². The molecular weight excluding hydrogens is 330 g/mol. The Kier molecular flexibility index (Phi) is 7.11. The molecule has 0 unspecified atom stereocenters. The van der Waals surface area contributed by atoms with Gasteiger partial charge in [-0.3, -0.25) is 0 Å². The lowest BCUT2D eigenvalue weighted by atomic mass is 9.95. The van der Waals surface area contributed by atoms with Crippen LogP contribution < -0.4 is 5.32 Å². The number of hydrogen-bond donors (Lipinski definition) is 1. The molecule has 0 radical (unpaired) electrons. The van der Waals surface area contributed by atoms with Crippen LogP contribution in [-0.4, -0.2) is 29.5 Å². The molecule has 0 saturated heterocycles. The largest absolute Gasteiger partial charge is 0.453 e. The van der Waals surface area contributed by atoms with Crippen LogP contribution in [0, 0.1) is 0 Å². The van der Waals surface area contributed by atoms with E-state index >= 15 is 0 Å². The van der Waals surface area contributed by atoms with E-state index in [1.807, 2.05) is 12.1 Å². The third kappa shape index (κ3) is 6.93. The van der Waals surface area contributed by atoms with Crippen molar-refractivity contribution in [1.29, 1.82) is 0 Å². The van der Waals surface area contributed by atoms with Gasteiger partial charge in [-0.15, -0.1) is 0 Å². The van der Waals surface area contributed by atoms with Gasteiger partial charge in [-0.1, -0.05) is 44.5 Å². The molecule has 1 rings (SSSR count).